The maximum atomic E-state index is 12.8. The van der Waals surface area contributed by atoms with E-state index in [1.807, 2.05) is 18.7 Å². The molecule has 0 aliphatic carbocycles. The number of nitrogens with zero attached hydrogens (tertiary/aromatic N) is 4. The van der Waals surface area contributed by atoms with Crippen LogP contribution in [0.3, 0.4) is 0 Å². The third-order valence-electron chi connectivity index (χ3n) is 4.07. The van der Waals surface area contributed by atoms with Crippen LogP contribution in [0.5, 0.6) is 0 Å². The Morgan fingerprint density at radius 1 is 1.50 bits per heavy atom. The third-order valence-corrected chi connectivity index (χ3v) is 4.07. The van der Waals surface area contributed by atoms with Gasteiger partial charge in [-0.05, 0) is 32.8 Å². The fraction of sp³-hybridized carbons (Fsp3) is 0.467. The highest BCUT2D eigenvalue weighted by atomic mass is 16.2. The minimum atomic E-state index is -0.383. The molecule has 1 aliphatic rings. The van der Waals surface area contributed by atoms with Crippen LogP contribution >= 0.6 is 0 Å². The van der Waals surface area contributed by atoms with E-state index in [0.29, 0.717) is 12.1 Å². The summed E-state index contributed by atoms with van der Waals surface area (Å²) in [6, 6.07) is 1.66. The van der Waals surface area contributed by atoms with Gasteiger partial charge in [-0.2, -0.15) is 5.10 Å². The van der Waals surface area contributed by atoms with E-state index in [0.717, 1.165) is 30.8 Å². The summed E-state index contributed by atoms with van der Waals surface area (Å²) in [6.45, 7) is 5.25. The smallest absolute Gasteiger partial charge is 0.330 e. The fourth-order valence-electron chi connectivity index (χ4n) is 2.95. The lowest BCUT2D eigenvalue weighted by Crippen LogP contribution is -2.32. The minimum Gasteiger partial charge on any atom is -0.330 e. The highest BCUT2D eigenvalue weighted by molar-refractivity contribution is 5.95. The molecule has 116 valence electrons. The Balaban J connectivity index is 1.91. The van der Waals surface area contributed by atoms with E-state index in [4.69, 9.17) is 0 Å². The van der Waals surface area contributed by atoms with Crippen molar-refractivity contribution in [3.05, 3.63) is 45.9 Å². The predicted molar refractivity (Wildman–Crippen MR) is 80.5 cm³/mol. The van der Waals surface area contributed by atoms with Crippen LogP contribution in [0.4, 0.5) is 0 Å². The topological polar surface area (TPSA) is 83.9 Å². The second-order valence-corrected chi connectivity index (χ2v) is 5.47. The number of carbonyl (C=O) groups excluding carboxylic acids is 1. The van der Waals surface area contributed by atoms with Crippen molar-refractivity contribution in [2.24, 2.45) is 0 Å². The average molecular weight is 301 g/mol. The van der Waals surface area contributed by atoms with Gasteiger partial charge >= 0.3 is 5.69 Å². The summed E-state index contributed by atoms with van der Waals surface area (Å²) in [6.07, 6.45) is 5.03. The Morgan fingerprint density at radius 2 is 2.32 bits per heavy atom. The van der Waals surface area contributed by atoms with Crippen LogP contribution in [0.25, 0.3) is 0 Å². The Kier molecular flexibility index (Phi) is 3.79. The molecule has 0 saturated carbocycles. The standard InChI is InChI=1S/C15H19N5O2/c1-3-19-9-11(10(2)18-19)14(21)20-8-4-5-13(20)12-6-7-16-15(22)17-12/h6-7,9,13H,3-5,8H2,1-2H3,(H,16,17,22)/t13-/m0/s1. The van der Waals surface area contributed by atoms with Gasteiger partial charge in [0.05, 0.1) is 17.3 Å². The van der Waals surface area contributed by atoms with Gasteiger partial charge in [-0.15, -0.1) is 0 Å². The molecule has 22 heavy (non-hydrogen) atoms. The van der Waals surface area contributed by atoms with Gasteiger partial charge < -0.3 is 9.88 Å². The average Bonchev–Trinajstić information content (AvgIpc) is 3.13. The third kappa shape index (κ3) is 2.54. The van der Waals surface area contributed by atoms with Crippen molar-refractivity contribution in [3.63, 3.8) is 0 Å². The Morgan fingerprint density at radius 3 is 3.00 bits per heavy atom. The molecule has 0 radical (unpaired) electrons. The molecule has 2 aromatic rings. The van der Waals surface area contributed by atoms with Gasteiger partial charge in [0, 0.05) is 31.2 Å². The summed E-state index contributed by atoms with van der Waals surface area (Å²) in [5.41, 5.74) is 1.73. The molecule has 1 atom stereocenters. The van der Waals surface area contributed by atoms with Crippen molar-refractivity contribution in [1.82, 2.24) is 24.6 Å². The number of rotatable bonds is 3. The SMILES string of the molecule is CCn1cc(C(=O)N2CCC[C@H]2c2ccnc(=O)[nH]2)c(C)n1. The van der Waals surface area contributed by atoms with Crippen molar-refractivity contribution in [2.45, 2.75) is 39.3 Å². The maximum Gasteiger partial charge on any atom is 0.345 e. The fourth-order valence-corrected chi connectivity index (χ4v) is 2.95. The number of aromatic nitrogens is 4. The van der Waals surface area contributed by atoms with Crippen molar-refractivity contribution >= 4 is 5.91 Å². The van der Waals surface area contributed by atoms with Crippen LogP contribution in [0.15, 0.2) is 23.3 Å². The van der Waals surface area contributed by atoms with Crippen molar-refractivity contribution in [3.8, 4) is 0 Å². The number of hydrogen-bond acceptors (Lipinski definition) is 4. The van der Waals surface area contributed by atoms with E-state index >= 15 is 0 Å². The monoisotopic (exact) mass is 301 g/mol. The van der Waals surface area contributed by atoms with Gasteiger partial charge in [0.2, 0.25) is 0 Å². The highest BCUT2D eigenvalue weighted by Gasteiger charge is 2.32. The summed E-state index contributed by atoms with van der Waals surface area (Å²) < 4.78 is 1.77. The van der Waals surface area contributed by atoms with Crippen LogP contribution < -0.4 is 5.69 Å². The van der Waals surface area contributed by atoms with Gasteiger partial charge in [-0.25, -0.2) is 9.78 Å². The number of hydrogen-bond donors (Lipinski definition) is 1. The van der Waals surface area contributed by atoms with E-state index in [2.05, 4.69) is 15.1 Å². The van der Waals surface area contributed by atoms with Gasteiger partial charge in [-0.1, -0.05) is 0 Å². The molecule has 7 nitrogen and oxygen atoms in total. The molecular weight excluding hydrogens is 282 g/mol. The molecule has 7 heteroatoms. The lowest BCUT2D eigenvalue weighted by atomic mass is 10.1. The number of H-pyrrole nitrogens is 1. The van der Waals surface area contributed by atoms with E-state index in [9.17, 15) is 9.59 Å². The maximum absolute atomic E-state index is 12.8. The Bertz CT molecular complexity index is 748. The molecule has 1 N–H and O–H groups in total. The molecule has 0 bridgehead atoms. The van der Waals surface area contributed by atoms with Gasteiger partial charge in [0.25, 0.3) is 5.91 Å². The van der Waals surface area contributed by atoms with Crippen LogP contribution in [0.1, 0.15) is 47.6 Å². The largest absolute Gasteiger partial charge is 0.345 e. The molecule has 2 aromatic heterocycles. The number of likely N-dealkylation sites (tertiary alicyclic amines) is 1. The highest BCUT2D eigenvalue weighted by Crippen LogP contribution is 2.31. The van der Waals surface area contributed by atoms with E-state index in [1.165, 1.54) is 6.20 Å². The lowest BCUT2D eigenvalue weighted by Gasteiger charge is -2.24. The van der Waals surface area contributed by atoms with Crippen molar-refractivity contribution in [2.75, 3.05) is 6.54 Å². The van der Waals surface area contributed by atoms with Crippen LogP contribution in [0.2, 0.25) is 0 Å². The lowest BCUT2D eigenvalue weighted by molar-refractivity contribution is 0.0732. The Labute approximate surface area is 128 Å². The number of amides is 1. The summed E-state index contributed by atoms with van der Waals surface area (Å²) >= 11 is 0. The predicted octanol–water partition coefficient (Wildman–Crippen LogP) is 1.27. The molecular formula is C15H19N5O2. The molecule has 3 heterocycles. The molecule has 0 unspecified atom stereocenters. The summed E-state index contributed by atoms with van der Waals surface area (Å²) in [5.74, 6) is -0.0302. The number of aryl methyl sites for hydroxylation is 2. The Hall–Kier alpha value is -2.44. The second-order valence-electron chi connectivity index (χ2n) is 5.47. The first-order chi connectivity index (χ1) is 10.6. The molecule has 1 aliphatic heterocycles. The zero-order valence-electron chi connectivity index (χ0n) is 12.7. The zero-order chi connectivity index (χ0) is 15.7. The van der Waals surface area contributed by atoms with Gasteiger partial charge in [0.15, 0.2) is 0 Å². The van der Waals surface area contributed by atoms with Crippen LogP contribution in [-0.4, -0.2) is 37.1 Å². The van der Waals surface area contributed by atoms with Crippen LogP contribution in [0, 0.1) is 6.92 Å². The normalized spacial score (nSPS) is 17.9. The van der Waals surface area contributed by atoms with E-state index < -0.39 is 0 Å². The minimum absolute atomic E-state index is 0.0302. The summed E-state index contributed by atoms with van der Waals surface area (Å²) in [4.78, 5) is 32.4. The molecule has 0 spiro atoms. The number of carbonyl (C=O) groups is 1. The van der Waals surface area contributed by atoms with Gasteiger partial charge in [0.1, 0.15) is 0 Å². The van der Waals surface area contributed by atoms with E-state index in [1.54, 1.807) is 16.9 Å². The molecule has 3 rings (SSSR count). The molecule has 1 amide bonds. The summed E-state index contributed by atoms with van der Waals surface area (Å²) in [7, 11) is 0. The second kappa shape index (κ2) is 5.75. The first-order valence-corrected chi connectivity index (χ1v) is 7.50. The van der Waals surface area contributed by atoms with Crippen molar-refractivity contribution in [1.29, 1.82) is 0 Å². The van der Waals surface area contributed by atoms with Gasteiger partial charge in [-0.3, -0.25) is 9.48 Å². The first-order valence-electron chi connectivity index (χ1n) is 7.50. The number of nitrogens with one attached hydrogen (secondary N) is 1. The van der Waals surface area contributed by atoms with Crippen molar-refractivity contribution < 1.29 is 4.79 Å². The zero-order valence-corrected chi connectivity index (χ0v) is 12.7. The molecule has 1 fully saturated rings. The van der Waals surface area contributed by atoms with Crippen LogP contribution in [-0.2, 0) is 6.54 Å². The number of aromatic amines is 1. The first kappa shape index (κ1) is 14.5. The summed E-state index contributed by atoms with van der Waals surface area (Å²) in [5, 5.41) is 4.33. The van der Waals surface area contributed by atoms with E-state index in [-0.39, 0.29) is 17.6 Å². The quantitative estimate of drug-likeness (QED) is 0.925. The molecule has 1 saturated heterocycles. The molecule has 0 aromatic carbocycles.